The van der Waals surface area contributed by atoms with Gasteiger partial charge >= 0.3 is 0 Å². The molecule has 12 nitrogen and oxygen atoms in total. The molecule has 5 N–H and O–H groups in total. The van der Waals surface area contributed by atoms with Crippen LogP contribution in [0.4, 0.5) is 0 Å². The molecule has 212 valence electrons. The fourth-order valence-corrected chi connectivity index (χ4v) is 4.15. The summed E-state index contributed by atoms with van der Waals surface area (Å²) in [6.45, 7) is 7.83. The van der Waals surface area contributed by atoms with E-state index in [1.54, 1.807) is 26.0 Å². The van der Waals surface area contributed by atoms with Gasteiger partial charge in [0, 0.05) is 30.7 Å². The molecule has 0 radical (unpaired) electrons. The van der Waals surface area contributed by atoms with Crippen LogP contribution in [0.15, 0.2) is 34.9 Å². The zero-order valence-electron chi connectivity index (χ0n) is 22.4. The van der Waals surface area contributed by atoms with Crippen LogP contribution in [0.5, 0.6) is 0 Å². The predicted octanol–water partition coefficient (Wildman–Crippen LogP) is 0.585. The Bertz CT molecular complexity index is 1170. The number of fused-ring (bicyclic) bond motifs is 2. The number of aromatic nitrogens is 1. The van der Waals surface area contributed by atoms with Crippen molar-refractivity contribution >= 4 is 35.2 Å². The Labute approximate surface area is 231 Å². The van der Waals surface area contributed by atoms with E-state index >= 15 is 0 Å². The molecule has 0 saturated carbocycles. The highest BCUT2D eigenvalue weighted by Crippen LogP contribution is 2.15. The topological polar surface area (TPSA) is 166 Å². The molecule has 0 saturated heterocycles. The van der Waals surface area contributed by atoms with E-state index in [9.17, 15) is 24.3 Å². The van der Waals surface area contributed by atoms with Gasteiger partial charge in [-0.15, -0.1) is 0 Å². The molecule has 2 heterocycles. The van der Waals surface area contributed by atoms with Crippen LogP contribution < -0.4 is 21.3 Å². The Morgan fingerprint density at radius 2 is 1.72 bits per heavy atom. The average molecular weight is 563 g/mol. The number of rotatable bonds is 4. The summed E-state index contributed by atoms with van der Waals surface area (Å²) < 4.78 is 5.38. The van der Waals surface area contributed by atoms with Crippen molar-refractivity contribution in [1.82, 2.24) is 31.3 Å². The van der Waals surface area contributed by atoms with Crippen molar-refractivity contribution in [3.05, 3.63) is 52.4 Å². The number of hydrogen-bond donors (Lipinski definition) is 5. The summed E-state index contributed by atoms with van der Waals surface area (Å²) in [5.41, 5.74) is 0.896. The monoisotopic (exact) mass is 562 g/mol. The largest absolute Gasteiger partial charge is 0.391 e. The van der Waals surface area contributed by atoms with Crippen LogP contribution in [0, 0.1) is 5.92 Å². The predicted molar refractivity (Wildman–Crippen MR) is 142 cm³/mol. The molecule has 1 aliphatic heterocycles. The van der Waals surface area contributed by atoms with Crippen molar-refractivity contribution < 1.29 is 28.8 Å². The van der Waals surface area contributed by atoms with Gasteiger partial charge in [0.2, 0.25) is 17.7 Å². The lowest BCUT2D eigenvalue weighted by Crippen LogP contribution is -2.58. The minimum Gasteiger partial charge on any atom is -0.391 e. The lowest BCUT2D eigenvalue weighted by atomic mass is 10.0. The van der Waals surface area contributed by atoms with E-state index in [1.165, 1.54) is 19.9 Å². The summed E-state index contributed by atoms with van der Waals surface area (Å²) in [5.74, 6) is -2.28. The second kappa shape index (κ2) is 13.5. The third-order valence-corrected chi connectivity index (χ3v) is 6.52. The maximum absolute atomic E-state index is 13.0. The SMILES string of the molecule is CC(C)[C@@H]1NC(=O)[C@H](C)NC(=O)[C@H]([C@@H](C)O)NC(=O)c2cc(on2)CN(Cc2ccc(Cl)cc2)CCNC1=O. The van der Waals surface area contributed by atoms with Crippen molar-refractivity contribution in [2.24, 2.45) is 5.92 Å². The van der Waals surface area contributed by atoms with Gasteiger partial charge in [-0.1, -0.05) is 42.7 Å². The first-order valence-corrected chi connectivity index (χ1v) is 13.1. The number of hydrogen-bond acceptors (Lipinski definition) is 8. The molecule has 13 heteroatoms. The van der Waals surface area contributed by atoms with Crippen molar-refractivity contribution in [2.75, 3.05) is 13.1 Å². The van der Waals surface area contributed by atoms with Gasteiger partial charge in [0.1, 0.15) is 18.1 Å². The van der Waals surface area contributed by atoms with E-state index in [-0.39, 0.29) is 30.6 Å². The van der Waals surface area contributed by atoms with Crippen molar-refractivity contribution in [3.63, 3.8) is 0 Å². The first kappa shape index (κ1) is 30.1. The van der Waals surface area contributed by atoms with Gasteiger partial charge in [-0.25, -0.2) is 0 Å². The van der Waals surface area contributed by atoms with E-state index in [0.29, 0.717) is 23.9 Å². The van der Waals surface area contributed by atoms with Gasteiger partial charge in [0.05, 0.1) is 12.6 Å². The first-order chi connectivity index (χ1) is 18.4. The van der Waals surface area contributed by atoms with Gasteiger partial charge in [0.15, 0.2) is 11.5 Å². The number of nitrogens with one attached hydrogen (secondary N) is 4. The molecule has 4 atom stereocenters. The van der Waals surface area contributed by atoms with Gasteiger partial charge < -0.3 is 30.9 Å². The Balaban J connectivity index is 1.89. The number of aliphatic hydroxyl groups excluding tert-OH is 1. The van der Waals surface area contributed by atoms with Crippen LogP contribution >= 0.6 is 11.6 Å². The van der Waals surface area contributed by atoms with Crippen molar-refractivity contribution in [1.29, 1.82) is 0 Å². The normalized spacial score (nSPS) is 23.2. The van der Waals surface area contributed by atoms with Crippen LogP contribution in [0.25, 0.3) is 0 Å². The maximum atomic E-state index is 13.0. The number of aliphatic hydroxyl groups is 1. The molecule has 0 fully saturated rings. The Kier molecular flexibility index (Phi) is 10.4. The maximum Gasteiger partial charge on any atom is 0.274 e. The zero-order chi connectivity index (χ0) is 28.7. The lowest BCUT2D eigenvalue weighted by Gasteiger charge is -2.26. The minimum absolute atomic E-state index is 0.0742. The van der Waals surface area contributed by atoms with Crippen LogP contribution in [-0.4, -0.2) is 76.1 Å². The standard InChI is InChI=1S/C26H35ClN6O6/c1-14(2)21-25(37)28-9-10-33(12-17-5-7-18(27)8-6-17)13-19-11-20(32-39-19)24(36)31-22(16(4)34)26(38)29-15(3)23(35)30-21/h5-8,11,14-16,21-22,34H,9-10,12-13H2,1-4H3,(H,28,37)(H,29,38)(H,30,35)(H,31,36)/t15-,16+,21-,22-/m0/s1. The fourth-order valence-electron chi connectivity index (χ4n) is 4.03. The Morgan fingerprint density at radius 3 is 2.36 bits per heavy atom. The lowest BCUT2D eigenvalue weighted by molar-refractivity contribution is -0.133. The zero-order valence-corrected chi connectivity index (χ0v) is 23.1. The van der Waals surface area contributed by atoms with Crippen LogP contribution in [0.2, 0.25) is 5.02 Å². The molecular formula is C26H35ClN6O6. The van der Waals surface area contributed by atoms with Crippen LogP contribution in [0.3, 0.4) is 0 Å². The van der Waals surface area contributed by atoms with E-state index in [4.69, 9.17) is 16.1 Å². The van der Waals surface area contributed by atoms with E-state index in [2.05, 4.69) is 26.4 Å². The summed E-state index contributed by atoms with van der Waals surface area (Å²) in [6, 6.07) is 5.54. The second-order valence-electron chi connectivity index (χ2n) is 9.96. The summed E-state index contributed by atoms with van der Waals surface area (Å²) in [4.78, 5) is 53.4. The number of benzene rings is 1. The number of carbonyl (C=O) groups is 4. The molecule has 1 aromatic heterocycles. The quantitative estimate of drug-likeness (QED) is 0.361. The molecule has 0 unspecified atom stereocenters. The minimum atomic E-state index is -1.36. The molecule has 0 aliphatic carbocycles. The summed E-state index contributed by atoms with van der Waals surface area (Å²) in [5, 5.41) is 25.1. The molecule has 2 bridgehead atoms. The Morgan fingerprint density at radius 1 is 1.03 bits per heavy atom. The van der Waals surface area contributed by atoms with Crippen LogP contribution in [-0.2, 0) is 27.5 Å². The number of carbonyl (C=O) groups excluding carboxylic acids is 4. The average Bonchev–Trinajstić information content (AvgIpc) is 3.34. The van der Waals surface area contributed by atoms with E-state index in [1.807, 2.05) is 17.0 Å². The molecule has 2 aromatic rings. The molecular weight excluding hydrogens is 528 g/mol. The van der Waals surface area contributed by atoms with Gasteiger partial charge in [0.25, 0.3) is 5.91 Å². The molecule has 0 spiro atoms. The number of halogens is 1. The van der Waals surface area contributed by atoms with E-state index < -0.39 is 42.0 Å². The Hall–Kier alpha value is -3.48. The molecule has 4 amide bonds. The highest BCUT2D eigenvalue weighted by molar-refractivity contribution is 6.30. The smallest absolute Gasteiger partial charge is 0.274 e. The molecule has 39 heavy (non-hydrogen) atoms. The van der Waals surface area contributed by atoms with Crippen molar-refractivity contribution in [3.8, 4) is 0 Å². The van der Waals surface area contributed by atoms with Crippen molar-refractivity contribution in [2.45, 2.75) is 65.0 Å². The highest BCUT2D eigenvalue weighted by Gasteiger charge is 2.31. The molecule has 1 aromatic carbocycles. The van der Waals surface area contributed by atoms with Gasteiger partial charge in [-0.05, 0) is 37.5 Å². The highest BCUT2D eigenvalue weighted by atomic mass is 35.5. The second-order valence-corrected chi connectivity index (χ2v) is 10.4. The summed E-state index contributed by atoms with van der Waals surface area (Å²) in [6.07, 6.45) is -1.27. The molecule has 3 rings (SSSR count). The molecule has 1 aliphatic rings. The van der Waals surface area contributed by atoms with Gasteiger partial charge in [-0.3, -0.25) is 24.1 Å². The number of nitrogens with zero attached hydrogens (tertiary/aromatic N) is 2. The number of amides is 4. The van der Waals surface area contributed by atoms with Crippen LogP contribution in [0.1, 0.15) is 49.5 Å². The van der Waals surface area contributed by atoms with E-state index in [0.717, 1.165) is 5.56 Å². The summed E-state index contributed by atoms with van der Waals surface area (Å²) in [7, 11) is 0. The first-order valence-electron chi connectivity index (χ1n) is 12.7. The third kappa shape index (κ3) is 8.50. The van der Waals surface area contributed by atoms with Gasteiger partial charge in [-0.2, -0.15) is 0 Å². The fraction of sp³-hybridized carbons (Fsp3) is 0.500. The summed E-state index contributed by atoms with van der Waals surface area (Å²) >= 11 is 6.02. The third-order valence-electron chi connectivity index (χ3n) is 6.27.